The summed E-state index contributed by atoms with van der Waals surface area (Å²) in [5, 5.41) is 0. The van der Waals surface area contributed by atoms with Crippen LogP contribution in [0.15, 0.2) is 316 Å². The number of rotatable bonds is 17. The van der Waals surface area contributed by atoms with Crippen LogP contribution in [-0.4, -0.2) is 0 Å². The number of fused-ring (bicyclic) bond motifs is 6. The predicted octanol–water partition coefficient (Wildman–Crippen LogP) is 25.0. The molecule has 0 N–H and O–H groups in total. The van der Waals surface area contributed by atoms with Crippen LogP contribution in [-0.2, 0) is 10.8 Å². The molecule has 14 aromatic rings. The molecule has 0 aromatic heterocycles. The lowest BCUT2D eigenvalue weighted by Crippen LogP contribution is -2.29. The van der Waals surface area contributed by atoms with E-state index in [2.05, 4.69) is 13.2 Å². The second kappa shape index (κ2) is 25.8. The second-order valence-corrected chi connectivity index (χ2v) is 25.1. The highest BCUT2D eigenvalue weighted by Gasteiger charge is 2.49. The highest BCUT2D eigenvalue weighted by Crippen LogP contribution is 2.60. The van der Waals surface area contributed by atoms with E-state index in [-0.39, 0.29) is 11.4 Å². The third-order valence-electron chi connectivity index (χ3n) is 19.3. The molecular weight excluding hydrogens is 1290 g/mol. The Morgan fingerprint density at radius 2 is 0.559 bits per heavy atom. The van der Waals surface area contributed by atoms with Crippen LogP contribution < -0.4 is 19.3 Å². The van der Waals surface area contributed by atoms with E-state index < -0.39 is 57.4 Å². The van der Waals surface area contributed by atoms with Crippen LogP contribution in [0.3, 0.4) is 0 Å². The Kier molecular flexibility index (Phi) is 16.2. The summed E-state index contributed by atoms with van der Waals surface area (Å²) in [4.78, 5) is 3.57. The fraction of sp³-hybridized carbons (Fsp3) is 0.0222. The van der Waals surface area contributed by atoms with Crippen LogP contribution in [0.4, 0.5) is 69.2 Å². The Morgan fingerprint density at radius 3 is 0.902 bits per heavy atom. The van der Waals surface area contributed by atoms with Crippen molar-refractivity contribution in [3.05, 3.63) is 419 Å². The number of hydrogen-bond donors (Lipinski definition) is 0. The summed E-state index contributed by atoms with van der Waals surface area (Å²) in [6.07, 6.45) is 3.48. The highest BCUT2D eigenvalue weighted by molar-refractivity contribution is 5.92. The van der Waals surface area contributed by atoms with Gasteiger partial charge in [-0.1, -0.05) is 159 Å². The normalized spacial score (nSPS) is 14.6. The fourth-order valence-corrected chi connectivity index (χ4v) is 14.8. The van der Waals surface area contributed by atoms with Gasteiger partial charge in [0, 0.05) is 58.4 Å². The number of anilines is 6. The molecule has 0 amide bonds. The van der Waals surface area contributed by atoms with Crippen molar-refractivity contribution >= 4 is 46.3 Å². The van der Waals surface area contributed by atoms with E-state index in [1.165, 1.54) is 36.4 Å². The van der Waals surface area contributed by atoms with Gasteiger partial charge in [-0.05, 0) is 235 Å². The van der Waals surface area contributed by atoms with E-state index in [0.29, 0.717) is 79.1 Å². The quantitative estimate of drug-likeness (QED) is 0.0849. The summed E-state index contributed by atoms with van der Waals surface area (Å²) in [7, 11) is 0. The minimum Gasteiger partial charge on any atom is -0.457 e. The van der Waals surface area contributed by atoms with Crippen LogP contribution in [0.25, 0.3) is 45.5 Å². The highest BCUT2D eigenvalue weighted by atomic mass is 19.2. The van der Waals surface area contributed by atoms with Crippen molar-refractivity contribution in [2.45, 2.75) is 10.8 Å². The first-order chi connectivity index (χ1) is 49.7. The molecule has 12 heteroatoms. The average molecular weight is 1350 g/mol. The molecule has 0 saturated carbocycles. The van der Waals surface area contributed by atoms with E-state index in [9.17, 15) is 0 Å². The Bertz CT molecular complexity index is 5220. The smallest absolute Gasteiger partial charge is 0.160 e. The molecule has 494 valence electrons. The minimum absolute atomic E-state index is 0.272. The summed E-state index contributed by atoms with van der Waals surface area (Å²) in [6.45, 7) is 7.68. The van der Waals surface area contributed by atoms with Gasteiger partial charge in [0.15, 0.2) is 23.3 Å². The zero-order valence-corrected chi connectivity index (χ0v) is 54.2. The fourth-order valence-electron chi connectivity index (χ4n) is 14.8. The molecule has 0 fully saturated rings. The van der Waals surface area contributed by atoms with Gasteiger partial charge in [0.1, 0.15) is 46.3 Å². The molecule has 0 saturated heterocycles. The third-order valence-corrected chi connectivity index (χ3v) is 19.3. The van der Waals surface area contributed by atoms with Gasteiger partial charge in [-0.2, -0.15) is 0 Å². The summed E-state index contributed by atoms with van der Waals surface area (Å²) in [5.41, 5.74) is 11.3. The van der Waals surface area contributed by atoms with E-state index >= 15 is 35.1 Å². The predicted molar refractivity (Wildman–Crippen MR) is 389 cm³/mol. The minimum atomic E-state index is -1.34. The molecule has 0 bridgehead atoms. The lowest BCUT2D eigenvalue weighted by molar-refractivity contribution is 0.482. The van der Waals surface area contributed by atoms with Gasteiger partial charge in [0.05, 0.1) is 10.8 Å². The van der Waals surface area contributed by atoms with E-state index in [1.54, 1.807) is 22.0 Å². The number of ether oxygens (including phenoxy) is 2. The molecule has 102 heavy (non-hydrogen) atoms. The van der Waals surface area contributed by atoms with Crippen LogP contribution in [0, 0.1) is 46.5 Å². The molecule has 0 spiro atoms. The molecule has 2 aliphatic carbocycles. The topological polar surface area (TPSA) is 24.9 Å². The van der Waals surface area contributed by atoms with Crippen LogP contribution >= 0.6 is 0 Å². The SMILES string of the molecule is C=Cc1ccc(Oc2ccc(C3(c4cc(F)cc(F)c4)c4ccccc4-c4ccc(N(c5ccc(-c6ccc(N(c7ccc(F)c(F)c7)c7ccc8c(c7)[C@](c7ccc(Oc9ccc(C=C)cc9)cc7)(c7cc(F)cc(F)c7)c7ccccc7-8)cc6)cc5)c5ccc(F)c(F)c5)cc43)cc2)cc1. The molecule has 1 unspecified atom stereocenters. The van der Waals surface area contributed by atoms with Gasteiger partial charge in [-0.15, -0.1) is 0 Å². The zero-order chi connectivity index (χ0) is 70.0. The molecule has 16 rings (SSSR count). The molecular formula is C90H56F8N2O2. The lowest BCUT2D eigenvalue weighted by atomic mass is 9.67. The van der Waals surface area contributed by atoms with Crippen molar-refractivity contribution in [1.29, 1.82) is 0 Å². The Morgan fingerprint density at radius 1 is 0.255 bits per heavy atom. The summed E-state index contributed by atoms with van der Waals surface area (Å²) in [5.74, 6) is -5.15. The maximum atomic E-state index is 15.9. The maximum absolute atomic E-state index is 15.9. The van der Waals surface area contributed by atoms with Crippen molar-refractivity contribution in [3.8, 4) is 56.4 Å². The van der Waals surface area contributed by atoms with Crippen LogP contribution in [0.2, 0.25) is 0 Å². The lowest BCUT2D eigenvalue weighted by Gasteiger charge is -2.35. The van der Waals surface area contributed by atoms with E-state index in [1.807, 2.05) is 231 Å². The van der Waals surface area contributed by atoms with E-state index in [4.69, 9.17) is 9.47 Å². The van der Waals surface area contributed by atoms with Crippen molar-refractivity contribution < 1.29 is 44.6 Å². The summed E-state index contributed by atoms with van der Waals surface area (Å²) in [6, 6.07) is 85.8. The molecule has 14 aromatic carbocycles. The van der Waals surface area contributed by atoms with Crippen molar-refractivity contribution in [3.63, 3.8) is 0 Å². The van der Waals surface area contributed by atoms with Crippen molar-refractivity contribution in [1.82, 2.24) is 0 Å². The average Bonchev–Trinajstić information content (AvgIpc) is 1.56. The molecule has 0 aliphatic heterocycles. The van der Waals surface area contributed by atoms with Gasteiger partial charge in [0.25, 0.3) is 0 Å². The van der Waals surface area contributed by atoms with Gasteiger partial charge < -0.3 is 19.3 Å². The Hall–Kier alpha value is -12.8. The van der Waals surface area contributed by atoms with Crippen molar-refractivity contribution in [2.24, 2.45) is 0 Å². The van der Waals surface area contributed by atoms with Gasteiger partial charge >= 0.3 is 0 Å². The monoisotopic (exact) mass is 1350 g/mol. The zero-order valence-electron chi connectivity index (χ0n) is 54.2. The van der Waals surface area contributed by atoms with Crippen LogP contribution in [0.1, 0.15) is 55.6 Å². The Balaban J connectivity index is 0.783. The molecule has 2 atom stereocenters. The third kappa shape index (κ3) is 11.1. The summed E-state index contributed by atoms with van der Waals surface area (Å²) >= 11 is 0. The second-order valence-electron chi connectivity index (χ2n) is 25.1. The largest absolute Gasteiger partial charge is 0.457 e. The maximum Gasteiger partial charge on any atom is 0.160 e. The molecule has 2 aliphatic rings. The first kappa shape index (κ1) is 63.9. The van der Waals surface area contributed by atoms with Crippen LogP contribution in [0.5, 0.6) is 23.0 Å². The van der Waals surface area contributed by atoms with Crippen molar-refractivity contribution in [2.75, 3.05) is 9.80 Å². The van der Waals surface area contributed by atoms with Gasteiger partial charge in [0.2, 0.25) is 0 Å². The molecule has 0 heterocycles. The molecule has 4 nitrogen and oxygen atoms in total. The molecule has 0 radical (unpaired) electrons. The van der Waals surface area contributed by atoms with Gasteiger partial charge in [-0.25, -0.2) is 35.1 Å². The first-order valence-corrected chi connectivity index (χ1v) is 32.8. The number of nitrogens with zero attached hydrogens (tertiary/aromatic N) is 2. The van der Waals surface area contributed by atoms with Gasteiger partial charge in [-0.3, -0.25) is 0 Å². The number of benzene rings is 14. The standard InChI is InChI=1S/C90H56F8N2O2/c1-3-55-13-33-73(34-14-55)101-75-37-21-59(22-38-75)89(61-45-63(91)49-64(92)46-61)81-11-7-5-9-77(81)79-41-29-69(51-83(79)89)99(71-31-43-85(95)87(97)53-71)67-25-17-57(18-26-67)58-19-27-68(28-20-58)100(72-32-44-86(96)88(98)54-72)70-30-42-80-78-10-6-8-12-82(78)90(84(80)52-70,62-47-65(93)50-66(94)48-62)60-23-39-76(40-24-60)102-74-35-15-56(4-2)16-36-74/h3-54H,1-2H2/t89-,90?/m1/s1. The number of hydrogen-bond acceptors (Lipinski definition) is 4. The first-order valence-electron chi connectivity index (χ1n) is 32.8. The number of halogens is 8. The Labute approximate surface area is 583 Å². The van der Waals surface area contributed by atoms with E-state index in [0.717, 1.165) is 92.0 Å². The summed E-state index contributed by atoms with van der Waals surface area (Å²) < 4.78 is 137.